The maximum absolute atomic E-state index is 12.0. The fourth-order valence-electron chi connectivity index (χ4n) is 3.62. The number of amides is 1. The molecule has 1 amide bonds. The van der Waals surface area contributed by atoms with E-state index in [9.17, 15) is 4.79 Å². The molecule has 2 rings (SSSR count). The molecule has 0 aromatic heterocycles. The standard InChI is InChI=1S/C20H32N2O2/c1-22(2)18(14-13-16-9-5-3-6-10-16)19(20(21)23)24-15-17-11-7-4-8-12-17/h3,5-6,9-10,17-19H,4,7-8,11-15H2,1-2H3,(H2,21,23). The highest BCUT2D eigenvalue weighted by Gasteiger charge is 2.30. The summed E-state index contributed by atoms with van der Waals surface area (Å²) in [6, 6.07) is 10.4. The summed E-state index contributed by atoms with van der Waals surface area (Å²) in [4.78, 5) is 14.1. The van der Waals surface area contributed by atoms with E-state index < -0.39 is 6.10 Å². The van der Waals surface area contributed by atoms with E-state index in [1.807, 2.05) is 32.3 Å². The van der Waals surface area contributed by atoms with E-state index in [4.69, 9.17) is 10.5 Å². The molecule has 0 aliphatic heterocycles. The predicted octanol–water partition coefficient (Wildman–Crippen LogP) is 3.00. The predicted molar refractivity (Wildman–Crippen MR) is 97.7 cm³/mol. The summed E-state index contributed by atoms with van der Waals surface area (Å²) in [5, 5.41) is 0. The van der Waals surface area contributed by atoms with Crippen LogP contribution in [-0.2, 0) is 16.0 Å². The first-order valence-corrected chi connectivity index (χ1v) is 9.19. The van der Waals surface area contributed by atoms with Gasteiger partial charge in [-0.3, -0.25) is 4.79 Å². The first-order chi connectivity index (χ1) is 11.6. The van der Waals surface area contributed by atoms with Crippen LogP contribution in [0.15, 0.2) is 30.3 Å². The Kier molecular flexibility index (Phi) is 7.73. The van der Waals surface area contributed by atoms with Crippen molar-refractivity contribution in [3.05, 3.63) is 35.9 Å². The molecule has 2 unspecified atom stereocenters. The summed E-state index contributed by atoms with van der Waals surface area (Å²) < 4.78 is 6.04. The van der Waals surface area contributed by atoms with E-state index in [1.54, 1.807) is 0 Å². The first-order valence-electron chi connectivity index (χ1n) is 9.19. The molecule has 0 saturated heterocycles. The molecule has 1 fully saturated rings. The zero-order valence-electron chi connectivity index (χ0n) is 15.1. The molecule has 2 atom stereocenters. The molecule has 24 heavy (non-hydrogen) atoms. The summed E-state index contributed by atoms with van der Waals surface area (Å²) in [6.07, 6.45) is 7.54. The maximum atomic E-state index is 12.0. The number of nitrogens with zero attached hydrogens (tertiary/aromatic N) is 1. The zero-order chi connectivity index (χ0) is 17.4. The molecule has 1 saturated carbocycles. The normalized spacial score (nSPS) is 18.5. The van der Waals surface area contributed by atoms with Crippen LogP contribution < -0.4 is 5.73 Å². The van der Waals surface area contributed by atoms with Gasteiger partial charge in [-0.2, -0.15) is 0 Å². The van der Waals surface area contributed by atoms with E-state index in [2.05, 4.69) is 17.0 Å². The average molecular weight is 332 g/mol. The van der Waals surface area contributed by atoms with Crippen molar-refractivity contribution < 1.29 is 9.53 Å². The first kappa shape index (κ1) is 18.9. The van der Waals surface area contributed by atoms with Gasteiger partial charge in [0, 0.05) is 6.04 Å². The number of nitrogens with two attached hydrogens (primary N) is 1. The number of primary amides is 1. The van der Waals surface area contributed by atoms with E-state index in [0.29, 0.717) is 12.5 Å². The van der Waals surface area contributed by atoms with E-state index in [-0.39, 0.29) is 11.9 Å². The summed E-state index contributed by atoms with van der Waals surface area (Å²) >= 11 is 0. The van der Waals surface area contributed by atoms with Crippen LogP contribution in [0.5, 0.6) is 0 Å². The SMILES string of the molecule is CN(C)C(CCc1ccccc1)C(OCC1CCCCC1)C(N)=O. The van der Waals surface area contributed by atoms with Gasteiger partial charge in [0.25, 0.3) is 0 Å². The van der Waals surface area contributed by atoms with Gasteiger partial charge in [-0.05, 0) is 51.3 Å². The van der Waals surface area contributed by atoms with Crippen molar-refractivity contribution in [1.82, 2.24) is 4.90 Å². The highest BCUT2D eigenvalue weighted by molar-refractivity contribution is 5.79. The van der Waals surface area contributed by atoms with Crippen molar-refractivity contribution in [3.63, 3.8) is 0 Å². The molecule has 1 aromatic carbocycles. The lowest BCUT2D eigenvalue weighted by molar-refractivity contribution is -0.135. The molecule has 4 nitrogen and oxygen atoms in total. The van der Waals surface area contributed by atoms with Crippen LogP contribution in [0.4, 0.5) is 0 Å². The summed E-state index contributed by atoms with van der Waals surface area (Å²) in [6.45, 7) is 0.656. The van der Waals surface area contributed by atoms with E-state index in [0.717, 1.165) is 12.8 Å². The Bertz CT molecular complexity index is 484. The van der Waals surface area contributed by atoms with Crippen molar-refractivity contribution in [1.29, 1.82) is 0 Å². The van der Waals surface area contributed by atoms with Crippen LogP contribution in [0.3, 0.4) is 0 Å². The topological polar surface area (TPSA) is 55.6 Å². The van der Waals surface area contributed by atoms with Crippen LogP contribution >= 0.6 is 0 Å². The van der Waals surface area contributed by atoms with Crippen LogP contribution in [0.2, 0.25) is 0 Å². The van der Waals surface area contributed by atoms with Crippen LogP contribution in [0, 0.1) is 5.92 Å². The van der Waals surface area contributed by atoms with Gasteiger partial charge in [-0.15, -0.1) is 0 Å². The van der Waals surface area contributed by atoms with Gasteiger partial charge in [0.2, 0.25) is 5.91 Å². The Hall–Kier alpha value is -1.39. The minimum absolute atomic E-state index is 0.00583. The summed E-state index contributed by atoms with van der Waals surface area (Å²) in [7, 11) is 3.99. The van der Waals surface area contributed by atoms with Crippen LogP contribution in [0.1, 0.15) is 44.1 Å². The van der Waals surface area contributed by atoms with Crippen LogP contribution in [0.25, 0.3) is 0 Å². The Morgan fingerprint density at radius 1 is 1.21 bits per heavy atom. The van der Waals surface area contributed by atoms with Gasteiger partial charge in [0.05, 0.1) is 6.61 Å². The van der Waals surface area contributed by atoms with Crippen molar-refractivity contribution in [2.45, 2.75) is 57.1 Å². The average Bonchev–Trinajstić information content (AvgIpc) is 2.59. The number of likely N-dealkylation sites (N-methyl/N-ethyl adjacent to an activating group) is 1. The Balaban J connectivity index is 1.93. The smallest absolute Gasteiger partial charge is 0.248 e. The minimum Gasteiger partial charge on any atom is -0.367 e. The second kappa shape index (κ2) is 9.80. The summed E-state index contributed by atoms with van der Waals surface area (Å²) in [5.74, 6) is 0.232. The third-order valence-corrected chi connectivity index (χ3v) is 5.10. The molecule has 1 aromatic rings. The molecular weight excluding hydrogens is 300 g/mol. The van der Waals surface area contributed by atoms with Crippen molar-refractivity contribution in [2.24, 2.45) is 11.7 Å². The van der Waals surface area contributed by atoms with Crippen molar-refractivity contribution >= 4 is 5.91 Å². The fourth-order valence-corrected chi connectivity index (χ4v) is 3.62. The Morgan fingerprint density at radius 2 is 1.88 bits per heavy atom. The molecular formula is C20H32N2O2. The lowest BCUT2D eigenvalue weighted by Gasteiger charge is -2.32. The molecule has 134 valence electrons. The molecule has 4 heteroatoms. The largest absolute Gasteiger partial charge is 0.367 e. The Labute approximate surface area is 146 Å². The number of hydrogen-bond acceptors (Lipinski definition) is 3. The number of carbonyl (C=O) groups excluding carboxylic acids is 1. The fraction of sp³-hybridized carbons (Fsp3) is 0.650. The summed E-state index contributed by atoms with van der Waals surface area (Å²) in [5.41, 5.74) is 6.95. The molecule has 0 heterocycles. The van der Waals surface area contributed by atoms with E-state index in [1.165, 1.54) is 37.7 Å². The second-order valence-electron chi connectivity index (χ2n) is 7.22. The monoisotopic (exact) mass is 332 g/mol. The van der Waals surface area contributed by atoms with Crippen molar-refractivity contribution in [2.75, 3.05) is 20.7 Å². The van der Waals surface area contributed by atoms with Gasteiger partial charge < -0.3 is 15.4 Å². The third-order valence-electron chi connectivity index (χ3n) is 5.10. The molecule has 0 radical (unpaired) electrons. The highest BCUT2D eigenvalue weighted by Crippen LogP contribution is 2.25. The number of benzene rings is 1. The molecule has 1 aliphatic carbocycles. The molecule has 2 N–H and O–H groups in total. The Morgan fingerprint density at radius 3 is 2.46 bits per heavy atom. The van der Waals surface area contributed by atoms with Gasteiger partial charge in [0.15, 0.2) is 6.10 Å². The van der Waals surface area contributed by atoms with Gasteiger partial charge in [0.1, 0.15) is 0 Å². The quantitative estimate of drug-likeness (QED) is 0.756. The lowest BCUT2D eigenvalue weighted by atomic mass is 9.90. The number of carbonyl (C=O) groups is 1. The maximum Gasteiger partial charge on any atom is 0.248 e. The molecule has 0 spiro atoms. The number of aryl methyl sites for hydroxylation is 1. The van der Waals surface area contributed by atoms with Gasteiger partial charge >= 0.3 is 0 Å². The third kappa shape index (κ3) is 5.91. The lowest BCUT2D eigenvalue weighted by Crippen LogP contribution is -2.49. The van der Waals surface area contributed by atoms with Crippen molar-refractivity contribution in [3.8, 4) is 0 Å². The highest BCUT2D eigenvalue weighted by atomic mass is 16.5. The molecule has 1 aliphatic rings. The molecule has 0 bridgehead atoms. The van der Waals surface area contributed by atoms with Gasteiger partial charge in [-0.1, -0.05) is 49.6 Å². The van der Waals surface area contributed by atoms with Crippen LogP contribution in [-0.4, -0.2) is 43.7 Å². The number of ether oxygens (including phenoxy) is 1. The van der Waals surface area contributed by atoms with Gasteiger partial charge in [-0.25, -0.2) is 0 Å². The number of hydrogen-bond donors (Lipinski definition) is 1. The minimum atomic E-state index is -0.536. The van der Waals surface area contributed by atoms with E-state index >= 15 is 0 Å². The zero-order valence-corrected chi connectivity index (χ0v) is 15.1. The number of rotatable bonds is 9. The second-order valence-corrected chi connectivity index (χ2v) is 7.22.